The van der Waals surface area contributed by atoms with Gasteiger partial charge in [-0.3, -0.25) is 9.59 Å². The Balaban J connectivity index is 1.60. The summed E-state index contributed by atoms with van der Waals surface area (Å²) in [5.74, 6) is 1.80. The molecule has 0 aromatic rings. The first-order chi connectivity index (χ1) is 11.7. The average Bonchev–Trinajstić information content (AvgIpc) is 2.84. The fourth-order valence-corrected chi connectivity index (χ4v) is 7.32. The standard InChI is InChI=1S/C21H32O4/c1-13(22)25-14-6-10-20(3)17-8-9-19(2)16(4-5-18(19)23)15(17)7-11-21(20,24)12-14/h14-17,24H,4-12H2,1-3H3. The highest BCUT2D eigenvalue weighted by atomic mass is 16.5. The lowest BCUT2D eigenvalue weighted by Gasteiger charge is -2.63. The van der Waals surface area contributed by atoms with Crippen LogP contribution in [-0.2, 0) is 14.3 Å². The Hall–Kier alpha value is -0.900. The van der Waals surface area contributed by atoms with E-state index in [9.17, 15) is 14.7 Å². The molecule has 0 heterocycles. The zero-order chi connectivity index (χ0) is 18.0. The molecule has 0 aromatic carbocycles. The van der Waals surface area contributed by atoms with Crippen LogP contribution in [0.15, 0.2) is 0 Å². The number of hydrogen-bond donors (Lipinski definition) is 1. The molecule has 0 saturated heterocycles. The Bertz CT molecular complexity index is 601. The predicted molar refractivity (Wildman–Crippen MR) is 93.7 cm³/mol. The van der Waals surface area contributed by atoms with Gasteiger partial charge in [-0.25, -0.2) is 0 Å². The molecule has 0 bridgehead atoms. The second kappa shape index (κ2) is 5.55. The van der Waals surface area contributed by atoms with Gasteiger partial charge in [0.25, 0.3) is 0 Å². The van der Waals surface area contributed by atoms with Crippen LogP contribution in [0.5, 0.6) is 0 Å². The number of fused-ring (bicyclic) bond motifs is 5. The highest BCUT2D eigenvalue weighted by Crippen LogP contribution is 2.66. The molecule has 0 spiro atoms. The van der Waals surface area contributed by atoms with E-state index in [1.807, 2.05) is 0 Å². The first-order valence-corrected chi connectivity index (χ1v) is 10.1. The molecule has 4 nitrogen and oxygen atoms in total. The number of aliphatic hydroxyl groups is 1. The summed E-state index contributed by atoms with van der Waals surface area (Å²) in [6, 6.07) is 0. The molecular formula is C21H32O4. The fourth-order valence-electron chi connectivity index (χ4n) is 7.32. The van der Waals surface area contributed by atoms with E-state index in [1.54, 1.807) is 0 Å². The van der Waals surface area contributed by atoms with Crippen molar-refractivity contribution in [3.8, 4) is 0 Å². The first-order valence-electron chi connectivity index (χ1n) is 10.1. The van der Waals surface area contributed by atoms with Crippen molar-refractivity contribution in [2.45, 2.75) is 90.3 Å². The van der Waals surface area contributed by atoms with Crippen molar-refractivity contribution in [1.82, 2.24) is 0 Å². The Morgan fingerprint density at radius 3 is 2.56 bits per heavy atom. The maximum absolute atomic E-state index is 12.5. The molecule has 0 aromatic heterocycles. The molecule has 0 amide bonds. The Morgan fingerprint density at radius 1 is 1.08 bits per heavy atom. The van der Waals surface area contributed by atoms with Crippen LogP contribution in [0.2, 0.25) is 0 Å². The lowest BCUT2D eigenvalue weighted by Crippen LogP contribution is -2.63. The number of Topliss-reactive ketones (excluding diaryl/α,β-unsaturated/α-hetero) is 1. The minimum Gasteiger partial charge on any atom is -0.462 e. The number of carbonyl (C=O) groups is 2. The zero-order valence-electron chi connectivity index (χ0n) is 15.8. The van der Waals surface area contributed by atoms with E-state index in [4.69, 9.17) is 4.74 Å². The molecule has 4 fully saturated rings. The topological polar surface area (TPSA) is 63.6 Å². The zero-order valence-corrected chi connectivity index (χ0v) is 15.8. The number of carbonyl (C=O) groups excluding carboxylic acids is 2. The van der Waals surface area contributed by atoms with Crippen LogP contribution in [0.25, 0.3) is 0 Å². The van der Waals surface area contributed by atoms with Crippen molar-refractivity contribution in [3.05, 3.63) is 0 Å². The van der Waals surface area contributed by atoms with Crippen LogP contribution < -0.4 is 0 Å². The van der Waals surface area contributed by atoms with Gasteiger partial charge in [0.2, 0.25) is 0 Å². The van der Waals surface area contributed by atoms with Gasteiger partial charge < -0.3 is 9.84 Å². The van der Waals surface area contributed by atoms with Crippen molar-refractivity contribution in [2.24, 2.45) is 28.6 Å². The highest BCUT2D eigenvalue weighted by molar-refractivity contribution is 5.87. The largest absolute Gasteiger partial charge is 0.462 e. The van der Waals surface area contributed by atoms with E-state index in [0.717, 1.165) is 51.4 Å². The summed E-state index contributed by atoms with van der Waals surface area (Å²) in [6.45, 7) is 5.92. The summed E-state index contributed by atoms with van der Waals surface area (Å²) >= 11 is 0. The lowest BCUT2D eigenvalue weighted by atomic mass is 9.43. The Kier molecular flexibility index (Phi) is 3.89. The lowest BCUT2D eigenvalue weighted by molar-refractivity contribution is -0.221. The molecule has 4 saturated carbocycles. The molecule has 7 atom stereocenters. The van der Waals surface area contributed by atoms with Crippen LogP contribution in [0, 0.1) is 28.6 Å². The Labute approximate surface area is 150 Å². The van der Waals surface area contributed by atoms with E-state index >= 15 is 0 Å². The van der Waals surface area contributed by atoms with Gasteiger partial charge >= 0.3 is 5.97 Å². The van der Waals surface area contributed by atoms with E-state index in [1.165, 1.54) is 6.92 Å². The number of ketones is 1. The fraction of sp³-hybridized carbons (Fsp3) is 0.905. The third-order valence-electron chi connectivity index (χ3n) is 8.80. The molecule has 140 valence electrons. The number of rotatable bonds is 1. The molecule has 4 heteroatoms. The van der Waals surface area contributed by atoms with Gasteiger partial charge in [-0.1, -0.05) is 13.8 Å². The van der Waals surface area contributed by atoms with Gasteiger partial charge in [0.15, 0.2) is 0 Å². The van der Waals surface area contributed by atoms with E-state index in [-0.39, 0.29) is 22.9 Å². The molecule has 4 aliphatic carbocycles. The van der Waals surface area contributed by atoms with Crippen LogP contribution in [-0.4, -0.2) is 28.6 Å². The number of hydrogen-bond acceptors (Lipinski definition) is 4. The second-order valence-corrected chi connectivity index (χ2v) is 9.76. The van der Waals surface area contributed by atoms with Gasteiger partial charge in [-0.05, 0) is 68.1 Å². The Morgan fingerprint density at radius 2 is 1.84 bits per heavy atom. The quantitative estimate of drug-likeness (QED) is 0.735. The highest BCUT2D eigenvalue weighted by Gasteiger charge is 2.64. The van der Waals surface area contributed by atoms with Gasteiger partial charge in [-0.15, -0.1) is 0 Å². The van der Waals surface area contributed by atoms with Crippen LogP contribution in [0.4, 0.5) is 0 Å². The van der Waals surface area contributed by atoms with Crippen molar-refractivity contribution < 1.29 is 19.4 Å². The summed E-state index contributed by atoms with van der Waals surface area (Å²) in [6.07, 6.45) is 7.82. The minimum absolute atomic E-state index is 0.109. The molecule has 4 rings (SSSR count). The summed E-state index contributed by atoms with van der Waals surface area (Å²) in [4.78, 5) is 23.8. The van der Waals surface area contributed by atoms with E-state index in [0.29, 0.717) is 30.0 Å². The summed E-state index contributed by atoms with van der Waals surface area (Å²) in [5, 5.41) is 11.6. The van der Waals surface area contributed by atoms with Gasteiger partial charge in [-0.2, -0.15) is 0 Å². The first kappa shape index (κ1) is 17.5. The van der Waals surface area contributed by atoms with Crippen LogP contribution in [0.3, 0.4) is 0 Å². The normalized spacial score (nSPS) is 52.1. The molecule has 0 radical (unpaired) electrons. The summed E-state index contributed by atoms with van der Waals surface area (Å²) < 4.78 is 5.44. The van der Waals surface area contributed by atoms with E-state index in [2.05, 4.69) is 13.8 Å². The van der Waals surface area contributed by atoms with E-state index < -0.39 is 5.60 Å². The molecule has 0 aliphatic heterocycles. The maximum atomic E-state index is 12.5. The monoisotopic (exact) mass is 348 g/mol. The second-order valence-electron chi connectivity index (χ2n) is 9.76. The van der Waals surface area contributed by atoms with Crippen LogP contribution >= 0.6 is 0 Å². The van der Waals surface area contributed by atoms with Crippen molar-refractivity contribution >= 4 is 11.8 Å². The third kappa shape index (κ3) is 2.35. The van der Waals surface area contributed by atoms with Crippen molar-refractivity contribution in [1.29, 1.82) is 0 Å². The predicted octanol–water partition coefficient (Wildman–Crippen LogP) is 3.64. The molecule has 7 unspecified atom stereocenters. The minimum atomic E-state index is -0.733. The maximum Gasteiger partial charge on any atom is 0.302 e. The molecular weight excluding hydrogens is 316 g/mol. The molecule has 1 N–H and O–H groups in total. The molecule has 25 heavy (non-hydrogen) atoms. The van der Waals surface area contributed by atoms with Crippen molar-refractivity contribution in [3.63, 3.8) is 0 Å². The number of ether oxygens (including phenoxy) is 1. The summed E-state index contributed by atoms with van der Waals surface area (Å²) in [7, 11) is 0. The number of esters is 1. The summed E-state index contributed by atoms with van der Waals surface area (Å²) in [5.41, 5.74) is -0.954. The van der Waals surface area contributed by atoms with Gasteiger partial charge in [0.1, 0.15) is 11.9 Å². The average molecular weight is 348 g/mol. The van der Waals surface area contributed by atoms with Crippen molar-refractivity contribution in [2.75, 3.05) is 0 Å². The molecule has 4 aliphatic rings. The van der Waals surface area contributed by atoms with Gasteiger partial charge in [0.05, 0.1) is 5.60 Å². The van der Waals surface area contributed by atoms with Crippen LogP contribution in [0.1, 0.15) is 78.6 Å². The SMILES string of the molecule is CC(=O)OC1CCC2(C)C3CCC4(C)C(=O)CCC4C3CCC2(O)C1. The van der Waals surface area contributed by atoms with Gasteiger partial charge in [0, 0.05) is 25.2 Å². The smallest absolute Gasteiger partial charge is 0.302 e. The third-order valence-corrected chi connectivity index (χ3v) is 8.80.